The Labute approximate surface area is 122 Å². The highest BCUT2D eigenvalue weighted by atomic mass is 79.9. The molecule has 0 spiro atoms. The van der Waals surface area contributed by atoms with Crippen molar-refractivity contribution in [1.82, 2.24) is 4.98 Å². The van der Waals surface area contributed by atoms with Crippen molar-refractivity contribution in [2.45, 2.75) is 6.18 Å². The van der Waals surface area contributed by atoms with Crippen molar-refractivity contribution in [2.24, 2.45) is 0 Å². The van der Waals surface area contributed by atoms with Crippen molar-refractivity contribution >= 4 is 33.2 Å². The molecule has 106 valence electrons. The molecule has 0 unspecified atom stereocenters. The van der Waals surface area contributed by atoms with Gasteiger partial charge < -0.3 is 5.11 Å². The normalized spacial score (nSPS) is 11.7. The third kappa shape index (κ3) is 2.68. The molecule has 9 heteroatoms. The number of benzene rings is 1. The van der Waals surface area contributed by atoms with Gasteiger partial charge in [-0.15, -0.1) is 11.3 Å². The highest BCUT2D eigenvalue weighted by Crippen LogP contribution is 2.40. The summed E-state index contributed by atoms with van der Waals surface area (Å²) in [5, 5.41) is 8.45. The number of carboxylic acid groups (broad SMARTS) is 1. The van der Waals surface area contributed by atoms with Gasteiger partial charge in [0.1, 0.15) is 15.7 Å². The van der Waals surface area contributed by atoms with Gasteiger partial charge in [-0.3, -0.25) is 0 Å². The first kappa shape index (κ1) is 14.9. The first-order chi connectivity index (χ1) is 9.21. The van der Waals surface area contributed by atoms with E-state index in [2.05, 4.69) is 20.9 Å². The molecule has 0 aliphatic heterocycles. The molecule has 0 bridgehead atoms. The van der Waals surface area contributed by atoms with Gasteiger partial charge in [0.2, 0.25) is 0 Å². The maximum absolute atomic E-state index is 13.7. The lowest BCUT2D eigenvalue weighted by Crippen LogP contribution is -2.11. The molecule has 20 heavy (non-hydrogen) atoms. The average molecular weight is 370 g/mol. The Morgan fingerprint density at radius 2 is 2.00 bits per heavy atom. The molecule has 2 aromatic rings. The lowest BCUT2D eigenvalue weighted by atomic mass is 10.2. The van der Waals surface area contributed by atoms with E-state index < -0.39 is 28.5 Å². The van der Waals surface area contributed by atoms with E-state index in [0.717, 1.165) is 6.07 Å². The van der Waals surface area contributed by atoms with Crippen LogP contribution in [0.25, 0.3) is 10.6 Å². The minimum absolute atomic E-state index is 0.192. The lowest BCUT2D eigenvalue weighted by molar-refractivity contribution is -0.141. The number of hydrogen-bond donors (Lipinski definition) is 1. The molecule has 0 saturated carbocycles. The van der Waals surface area contributed by atoms with Gasteiger partial charge in [-0.25, -0.2) is 14.2 Å². The van der Waals surface area contributed by atoms with Crippen molar-refractivity contribution in [2.75, 3.05) is 0 Å². The molecule has 0 radical (unpaired) electrons. The van der Waals surface area contributed by atoms with Crippen LogP contribution < -0.4 is 0 Å². The van der Waals surface area contributed by atoms with Crippen molar-refractivity contribution < 1.29 is 27.5 Å². The van der Waals surface area contributed by atoms with E-state index in [1.54, 1.807) is 0 Å². The third-order valence-electron chi connectivity index (χ3n) is 2.27. The van der Waals surface area contributed by atoms with E-state index in [0.29, 0.717) is 0 Å². The highest BCUT2D eigenvalue weighted by molar-refractivity contribution is 9.10. The van der Waals surface area contributed by atoms with Crippen molar-refractivity contribution in [1.29, 1.82) is 0 Å². The monoisotopic (exact) mass is 369 g/mol. The van der Waals surface area contributed by atoms with Crippen molar-refractivity contribution in [3.63, 3.8) is 0 Å². The fourth-order valence-corrected chi connectivity index (χ4v) is 3.11. The van der Waals surface area contributed by atoms with Crippen LogP contribution in [0, 0.1) is 5.82 Å². The Morgan fingerprint density at radius 3 is 2.45 bits per heavy atom. The van der Waals surface area contributed by atoms with Crippen LogP contribution in [0.3, 0.4) is 0 Å². The molecule has 0 aliphatic carbocycles. The van der Waals surface area contributed by atoms with Crippen LogP contribution in [-0.4, -0.2) is 16.1 Å². The van der Waals surface area contributed by atoms with Crippen LogP contribution >= 0.6 is 27.3 Å². The third-order valence-corrected chi connectivity index (χ3v) is 3.99. The van der Waals surface area contributed by atoms with Crippen molar-refractivity contribution in [3.8, 4) is 10.6 Å². The number of hydrogen-bond acceptors (Lipinski definition) is 3. The number of nitrogens with zero attached hydrogens (tertiary/aromatic N) is 1. The molecule has 0 aliphatic rings. The van der Waals surface area contributed by atoms with Gasteiger partial charge in [0.25, 0.3) is 0 Å². The van der Waals surface area contributed by atoms with E-state index in [-0.39, 0.29) is 26.4 Å². The quantitative estimate of drug-likeness (QED) is 0.796. The molecule has 1 aromatic carbocycles. The summed E-state index contributed by atoms with van der Waals surface area (Å²) in [4.78, 5) is 13.1. The van der Waals surface area contributed by atoms with E-state index in [1.165, 1.54) is 12.1 Å². The zero-order valence-electron chi connectivity index (χ0n) is 9.33. The van der Waals surface area contributed by atoms with Crippen LogP contribution in [-0.2, 0) is 6.18 Å². The SMILES string of the molecule is O=C(O)c1sc(-c2c(F)cccc2Br)nc1C(F)(F)F. The molecular weight excluding hydrogens is 366 g/mol. The second kappa shape index (κ2) is 5.13. The largest absolute Gasteiger partial charge is 0.477 e. The summed E-state index contributed by atoms with van der Waals surface area (Å²) in [6.45, 7) is 0. The summed E-state index contributed by atoms with van der Waals surface area (Å²) in [7, 11) is 0. The highest BCUT2D eigenvalue weighted by Gasteiger charge is 2.40. The van der Waals surface area contributed by atoms with Gasteiger partial charge in [-0.05, 0) is 28.1 Å². The number of thiazole rings is 1. The fourth-order valence-electron chi connectivity index (χ4n) is 1.47. The average Bonchev–Trinajstić information content (AvgIpc) is 2.73. The predicted molar refractivity (Wildman–Crippen MR) is 67.2 cm³/mol. The van der Waals surface area contributed by atoms with Crippen LogP contribution in [0.1, 0.15) is 15.4 Å². The Bertz CT molecular complexity index is 663. The Balaban J connectivity index is 2.69. The topological polar surface area (TPSA) is 50.2 Å². The van der Waals surface area contributed by atoms with E-state index in [9.17, 15) is 22.4 Å². The van der Waals surface area contributed by atoms with Gasteiger partial charge in [0.05, 0.1) is 5.56 Å². The summed E-state index contributed by atoms with van der Waals surface area (Å²) in [5.74, 6) is -2.55. The van der Waals surface area contributed by atoms with Gasteiger partial charge in [-0.2, -0.15) is 13.2 Å². The van der Waals surface area contributed by atoms with E-state index in [4.69, 9.17) is 5.11 Å². The molecule has 1 N–H and O–H groups in total. The van der Waals surface area contributed by atoms with Crippen molar-refractivity contribution in [3.05, 3.63) is 39.1 Å². The van der Waals surface area contributed by atoms with Gasteiger partial charge >= 0.3 is 12.1 Å². The summed E-state index contributed by atoms with van der Waals surface area (Å²) >= 11 is 3.28. The number of halogens is 5. The molecule has 1 aromatic heterocycles. The number of aromatic nitrogens is 1. The van der Waals surface area contributed by atoms with Crippen LogP contribution in [0.5, 0.6) is 0 Å². The number of carboxylic acids is 1. The molecule has 0 fully saturated rings. The maximum atomic E-state index is 13.7. The molecule has 0 amide bonds. The summed E-state index contributed by atoms with van der Waals surface area (Å²) in [5.41, 5.74) is -1.73. The molecule has 2 rings (SSSR count). The minimum atomic E-state index is -4.92. The second-order valence-electron chi connectivity index (χ2n) is 3.60. The zero-order chi connectivity index (χ0) is 15.1. The molecule has 3 nitrogen and oxygen atoms in total. The van der Waals surface area contributed by atoms with Gasteiger partial charge in [0, 0.05) is 4.47 Å². The molecule has 1 heterocycles. The van der Waals surface area contributed by atoms with Crippen LogP contribution in [0.15, 0.2) is 22.7 Å². The number of rotatable bonds is 2. The van der Waals surface area contributed by atoms with E-state index >= 15 is 0 Å². The minimum Gasteiger partial charge on any atom is -0.477 e. The molecule has 0 atom stereocenters. The lowest BCUT2D eigenvalue weighted by Gasteiger charge is -2.03. The molecule has 0 saturated heterocycles. The zero-order valence-corrected chi connectivity index (χ0v) is 11.7. The summed E-state index contributed by atoms with van der Waals surface area (Å²) in [6, 6.07) is 3.84. The summed E-state index contributed by atoms with van der Waals surface area (Å²) in [6.07, 6.45) is -4.92. The van der Waals surface area contributed by atoms with E-state index in [1.807, 2.05) is 0 Å². The van der Waals surface area contributed by atoms with Crippen LogP contribution in [0.2, 0.25) is 0 Å². The number of carbonyl (C=O) groups is 1. The van der Waals surface area contributed by atoms with Gasteiger partial charge in [0.15, 0.2) is 5.69 Å². The number of aromatic carboxylic acids is 1. The smallest absolute Gasteiger partial charge is 0.435 e. The fraction of sp³-hybridized carbons (Fsp3) is 0.0909. The van der Waals surface area contributed by atoms with Crippen LogP contribution in [0.4, 0.5) is 17.6 Å². The maximum Gasteiger partial charge on any atom is 0.435 e. The first-order valence-corrected chi connectivity index (χ1v) is 6.58. The van der Waals surface area contributed by atoms with Gasteiger partial charge in [-0.1, -0.05) is 6.07 Å². The Hall–Kier alpha value is -1.48. The standard InChI is InChI=1S/C11H4BrF4NO2S/c12-4-2-1-3-5(13)6(4)9-17-8(11(14,15)16)7(20-9)10(18)19/h1-3H,(H,18,19). The Morgan fingerprint density at radius 1 is 1.35 bits per heavy atom. The molecular formula is C11H4BrF4NO2S. The predicted octanol–water partition coefficient (Wildman–Crippen LogP) is 4.43. The second-order valence-corrected chi connectivity index (χ2v) is 5.45. The summed E-state index contributed by atoms with van der Waals surface area (Å²) < 4.78 is 52.0. The first-order valence-electron chi connectivity index (χ1n) is 4.97. The number of alkyl halides is 3. The Kier molecular flexibility index (Phi) is 3.83.